The maximum atomic E-state index is 6.66. The van der Waals surface area contributed by atoms with Crippen molar-refractivity contribution in [1.82, 2.24) is 4.98 Å². The second kappa shape index (κ2) is 8.03. The van der Waals surface area contributed by atoms with E-state index >= 15 is 0 Å². The first kappa shape index (κ1) is 18.4. The van der Waals surface area contributed by atoms with Gasteiger partial charge in [0.1, 0.15) is 4.83 Å². The van der Waals surface area contributed by atoms with Crippen LogP contribution in [0.25, 0.3) is 31.9 Å². The van der Waals surface area contributed by atoms with Gasteiger partial charge in [-0.2, -0.15) is 0 Å². The summed E-state index contributed by atoms with van der Waals surface area (Å²) in [6.45, 7) is 0. The van der Waals surface area contributed by atoms with Gasteiger partial charge in [0.05, 0.1) is 20.5 Å². The molecular formula is C24H18N2S3. The summed E-state index contributed by atoms with van der Waals surface area (Å²) in [5, 5.41) is 3.16. The summed E-state index contributed by atoms with van der Waals surface area (Å²) < 4.78 is 1.14. The van der Waals surface area contributed by atoms with Crippen LogP contribution >= 0.6 is 34.4 Å². The molecule has 0 aliphatic heterocycles. The first-order chi connectivity index (χ1) is 14.3. The highest BCUT2D eigenvalue weighted by Gasteiger charge is 2.18. The van der Waals surface area contributed by atoms with Gasteiger partial charge in [0, 0.05) is 11.1 Å². The number of benzene rings is 2. The molecule has 0 atom stereocenters. The highest BCUT2D eigenvalue weighted by Crippen LogP contribution is 2.46. The average molecular weight is 431 g/mol. The normalized spacial score (nSPS) is 11.2. The lowest BCUT2D eigenvalue weighted by atomic mass is 10.0. The standard InChI is InChI=1S/C24H18N2S3/c25-22-21-18(17-10-5-2-6-11-17)14-19(20-12-7-13-27-20)26-23(21)29-24(22)28-15-16-8-3-1-4-9-16/h1-14H,15,25H2. The Labute approximate surface area is 182 Å². The third kappa shape index (κ3) is 3.69. The maximum absolute atomic E-state index is 6.66. The molecule has 0 saturated carbocycles. The molecule has 0 aliphatic carbocycles. The number of thioether (sulfide) groups is 1. The first-order valence-electron chi connectivity index (χ1n) is 9.28. The van der Waals surface area contributed by atoms with Gasteiger partial charge in [0.25, 0.3) is 0 Å². The summed E-state index contributed by atoms with van der Waals surface area (Å²) in [4.78, 5) is 7.15. The van der Waals surface area contributed by atoms with E-state index in [-0.39, 0.29) is 0 Å². The van der Waals surface area contributed by atoms with Crippen molar-refractivity contribution in [1.29, 1.82) is 0 Å². The fraction of sp³-hybridized carbons (Fsp3) is 0.0417. The van der Waals surface area contributed by atoms with Crippen LogP contribution in [-0.2, 0) is 5.75 Å². The molecule has 0 amide bonds. The zero-order valence-corrected chi connectivity index (χ0v) is 18.0. The van der Waals surface area contributed by atoms with Gasteiger partial charge in [0.15, 0.2) is 0 Å². The number of fused-ring (bicyclic) bond motifs is 1. The van der Waals surface area contributed by atoms with Crippen LogP contribution in [0.4, 0.5) is 5.69 Å². The number of anilines is 1. The predicted molar refractivity (Wildman–Crippen MR) is 129 cm³/mol. The molecule has 0 spiro atoms. The van der Waals surface area contributed by atoms with Gasteiger partial charge in [-0.05, 0) is 34.2 Å². The van der Waals surface area contributed by atoms with E-state index in [4.69, 9.17) is 10.7 Å². The second-order valence-corrected chi connectivity index (χ2v) is 9.85. The van der Waals surface area contributed by atoms with Gasteiger partial charge in [-0.15, -0.1) is 34.4 Å². The molecule has 0 fully saturated rings. The van der Waals surface area contributed by atoms with Crippen molar-refractivity contribution in [2.45, 2.75) is 9.96 Å². The summed E-state index contributed by atoms with van der Waals surface area (Å²) in [5.41, 5.74) is 12.1. The van der Waals surface area contributed by atoms with Crippen LogP contribution in [0.2, 0.25) is 0 Å². The summed E-state index contributed by atoms with van der Waals surface area (Å²) in [5.74, 6) is 0.899. The van der Waals surface area contributed by atoms with Gasteiger partial charge in [0.2, 0.25) is 0 Å². The summed E-state index contributed by atoms with van der Waals surface area (Å²) in [7, 11) is 0. The summed E-state index contributed by atoms with van der Waals surface area (Å²) in [6, 6.07) is 27.3. The first-order valence-corrected chi connectivity index (χ1v) is 12.0. The van der Waals surface area contributed by atoms with Crippen molar-refractivity contribution in [2.24, 2.45) is 0 Å². The number of hydrogen-bond donors (Lipinski definition) is 1. The molecule has 29 heavy (non-hydrogen) atoms. The van der Waals surface area contributed by atoms with E-state index in [9.17, 15) is 0 Å². The van der Waals surface area contributed by atoms with Crippen LogP contribution < -0.4 is 5.73 Å². The minimum atomic E-state index is 0.843. The lowest BCUT2D eigenvalue weighted by molar-refractivity contribution is 1.41. The monoisotopic (exact) mass is 430 g/mol. The minimum absolute atomic E-state index is 0.843. The third-order valence-electron chi connectivity index (χ3n) is 4.74. The molecule has 2 N–H and O–H groups in total. The molecule has 0 bridgehead atoms. The van der Waals surface area contributed by atoms with Crippen molar-refractivity contribution in [3.05, 3.63) is 89.8 Å². The molecule has 2 nitrogen and oxygen atoms in total. The lowest BCUT2D eigenvalue weighted by Gasteiger charge is -2.08. The summed E-state index contributed by atoms with van der Waals surface area (Å²) >= 11 is 5.20. The predicted octanol–water partition coefficient (Wildman–Crippen LogP) is 7.57. The third-order valence-corrected chi connectivity index (χ3v) is 8.09. The van der Waals surface area contributed by atoms with E-state index in [1.165, 1.54) is 16.0 Å². The van der Waals surface area contributed by atoms with Gasteiger partial charge in [-0.3, -0.25) is 0 Å². The Bertz CT molecular complexity index is 1240. The van der Waals surface area contributed by atoms with E-state index in [0.29, 0.717) is 0 Å². The van der Waals surface area contributed by atoms with E-state index in [1.54, 1.807) is 34.4 Å². The number of nitrogens with two attached hydrogens (primary N) is 1. The largest absolute Gasteiger partial charge is 0.397 e. The van der Waals surface area contributed by atoms with Crippen LogP contribution in [-0.4, -0.2) is 4.98 Å². The smallest absolute Gasteiger partial charge is 0.127 e. The van der Waals surface area contributed by atoms with Crippen LogP contribution in [0.3, 0.4) is 0 Å². The molecule has 5 heteroatoms. The van der Waals surface area contributed by atoms with Crippen LogP contribution in [0, 0.1) is 0 Å². The lowest BCUT2D eigenvalue weighted by Crippen LogP contribution is -1.90. The van der Waals surface area contributed by atoms with E-state index in [1.807, 2.05) is 12.1 Å². The Kier molecular flexibility index (Phi) is 5.10. The number of nitrogens with zero attached hydrogens (tertiary/aromatic N) is 1. The van der Waals surface area contributed by atoms with Gasteiger partial charge in [-0.1, -0.05) is 66.7 Å². The number of aromatic nitrogens is 1. The molecular weight excluding hydrogens is 412 g/mol. The van der Waals surface area contributed by atoms with E-state index in [2.05, 4.69) is 72.1 Å². The zero-order chi connectivity index (χ0) is 19.6. The highest BCUT2D eigenvalue weighted by molar-refractivity contribution is 8.00. The number of rotatable bonds is 5. The Morgan fingerprint density at radius 3 is 2.38 bits per heavy atom. The molecule has 0 aliphatic rings. The van der Waals surface area contributed by atoms with Gasteiger partial charge >= 0.3 is 0 Å². The van der Waals surface area contributed by atoms with Crippen molar-refractivity contribution < 1.29 is 0 Å². The van der Waals surface area contributed by atoms with E-state index in [0.717, 1.165) is 37.1 Å². The number of pyridine rings is 1. The van der Waals surface area contributed by atoms with Crippen LogP contribution in [0.1, 0.15) is 5.56 Å². The highest BCUT2D eigenvalue weighted by atomic mass is 32.2. The molecule has 2 aromatic carbocycles. The fourth-order valence-corrected chi connectivity index (χ4v) is 6.26. The van der Waals surface area contributed by atoms with E-state index < -0.39 is 0 Å². The van der Waals surface area contributed by atoms with Crippen molar-refractivity contribution in [2.75, 3.05) is 5.73 Å². The Hall–Kier alpha value is -2.60. The fourth-order valence-electron chi connectivity index (χ4n) is 3.33. The maximum Gasteiger partial charge on any atom is 0.127 e. The number of hydrogen-bond acceptors (Lipinski definition) is 5. The van der Waals surface area contributed by atoms with Gasteiger partial charge < -0.3 is 5.73 Å². The molecule has 3 heterocycles. The second-order valence-electron chi connectivity index (χ2n) is 6.66. The quantitative estimate of drug-likeness (QED) is 0.292. The Morgan fingerprint density at radius 1 is 0.897 bits per heavy atom. The molecule has 142 valence electrons. The average Bonchev–Trinajstić information content (AvgIpc) is 3.42. The molecule has 0 unspecified atom stereocenters. The summed E-state index contributed by atoms with van der Waals surface area (Å²) in [6.07, 6.45) is 0. The number of nitrogen functional groups attached to an aromatic ring is 1. The van der Waals surface area contributed by atoms with Crippen molar-refractivity contribution >= 4 is 50.3 Å². The number of thiophene rings is 2. The minimum Gasteiger partial charge on any atom is -0.397 e. The van der Waals surface area contributed by atoms with Crippen molar-refractivity contribution in [3.63, 3.8) is 0 Å². The zero-order valence-electron chi connectivity index (χ0n) is 15.5. The van der Waals surface area contributed by atoms with Crippen LogP contribution in [0.5, 0.6) is 0 Å². The molecule has 3 aromatic heterocycles. The molecule has 5 rings (SSSR count). The topological polar surface area (TPSA) is 38.9 Å². The van der Waals surface area contributed by atoms with Crippen molar-refractivity contribution in [3.8, 4) is 21.7 Å². The Balaban J connectivity index is 1.63. The molecule has 5 aromatic rings. The molecule has 0 saturated heterocycles. The molecule has 0 radical (unpaired) electrons. The van der Waals surface area contributed by atoms with Crippen LogP contribution in [0.15, 0.2) is 88.5 Å². The SMILES string of the molecule is Nc1c(SCc2ccccc2)sc2nc(-c3cccs3)cc(-c3ccccc3)c12. The van der Waals surface area contributed by atoms with Gasteiger partial charge in [-0.25, -0.2) is 4.98 Å². The Morgan fingerprint density at radius 2 is 1.66 bits per heavy atom.